The summed E-state index contributed by atoms with van der Waals surface area (Å²) in [6.07, 6.45) is 0. The first-order chi connectivity index (χ1) is 15.9. The summed E-state index contributed by atoms with van der Waals surface area (Å²) in [6, 6.07) is 18.7. The lowest BCUT2D eigenvalue weighted by Gasteiger charge is -2.14. The Labute approximate surface area is 196 Å². The second kappa shape index (κ2) is 11.2. The number of ether oxygens (including phenoxy) is 1. The van der Waals surface area contributed by atoms with Crippen LogP contribution in [0.25, 0.3) is 11.4 Å². The SMILES string of the molecule is COc1ccc(-c2nnc(SC/C(O)=C(\C#N)C(=O)NCc3ccccc3)n2C(C)C)cc1. The highest BCUT2D eigenvalue weighted by Gasteiger charge is 2.20. The minimum absolute atomic E-state index is 0.00904. The maximum absolute atomic E-state index is 12.4. The van der Waals surface area contributed by atoms with Crippen LogP contribution in [0.1, 0.15) is 25.5 Å². The summed E-state index contributed by atoms with van der Waals surface area (Å²) >= 11 is 1.21. The number of hydrogen-bond donors (Lipinski definition) is 2. The molecule has 0 aliphatic carbocycles. The van der Waals surface area contributed by atoms with Crippen LogP contribution in [0.2, 0.25) is 0 Å². The zero-order valence-corrected chi connectivity index (χ0v) is 19.5. The number of nitriles is 1. The third kappa shape index (κ3) is 5.93. The number of aliphatic hydroxyl groups is 1. The number of thioether (sulfide) groups is 1. The number of rotatable bonds is 9. The van der Waals surface area contributed by atoms with E-state index in [1.54, 1.807) is 13.2 Å². The van der Waals surface area contributed by atoms with Crippen LogP contribution < -0.4 is 10.1 Å². The molecule has 0 fully saturated rings. The van der Waals surface area contributed by atoms with Gasteiger partial charge in [-0.25, -0.2) is 0 Å². The molecule has 0 radical (unpaired) electrons. The number of carbonyl (C=O) groups is 1. The van der Waals surface area contributed by atoms with Gasteiger partial charge in [0.25, 0.3) is 5.91 Å². The van der Waals surface area contributed by atoms with Gasteiger partial charge in [-0.3, -0.25) is 9.36 Å². The second-order valence-corrected chi connectivity index (χ2v) is 8.33. The van der Waals surface area contributed by atoms with E-state index >= 15 is 0 Å². The first kappa shape index (κ1) is 23.9. The minimum Gasteiger partial charge on any atom is -0.510 e. The van der Waals surface area contributed by atoms with Gasteiger partial charge in [0.2, 0.25) is 0 Å². The van der Waals surface area contributed by atoms with Crippen LogP contribution in [0.15, 0.2) is 71.1 Å². The van der Waals surface area contributed by atoms with Crippen LogP contribution in [-0.2, 0) is 11.3 Å². The molecule has 170 valence electrons. The number of aliphatic hydroxyl groups excluding tert-OH is 1. The molecule has 1 aromatic heterocycles. The molecule has 9 heteroatoms. The van der Waals surface area contributed by atoms with Crippen molar-refractivity contribution in [1.82, 2.24) is 20.1 Å². The van der Waals surface area contributed by atoms with E-state index in [1.807, 2.05) is 73.0 Å². The van der Waals surface area contributed by atoms with E-state index in [1.165, 1.54) is 11.8 Å². The van der Waals surface area contributed by atoms with E-state index in [0.29, 0.717) is 11.0 Å². The molecule has 0 saturated heterocycles. The molecule has 3 rings (SSSR count). The van der Waals surface area contributed by atoms with E-state index in [9.17, 15) is 15.2 Å². The maximum Gasteiger partial charge on any atom is 0.265 e. The number of benzene rings is 2. The predicted molar refractivity (Wildman–Crippen MR) is 127 cm³/mol. The quantitative estimate of drug-likeness (QED) is 0.211. The van der Waals surface area contributed by atoms with Gasteiger partial charge in [-0.2, -0.15) is 5.26 Å². The van der Waals surface area contributed by atoms with Crippen molar-refractivity contribution in [2.45, 2.75) is 31.6 Å². The standard InChI is InChI=1S/C24H25N5O3S/c1-16(2)29-22(18-9-11-19(32-3)12-10-18)27-28-24(29)33-15-21(30)20(13-25)23(31)26-14-17-7-5-4-6-8-17/h4-12,16,30H,14-15H2,1-3H3,(H,26,31)/b21-20-. The highest BCUT2D eigenvalue weighted by molar-refractivity contribution is 7.99. The molecule has 0 bridgehead atoms. The Morgan fingerprint density at radius 1 is 1.18 bits per heavy atom. The van der Waals surface area contributed by atoms with Crippen LogP contribution in [0.4, 0.5) is 0 Å². The molecule has 1 amide bonds. The molecule has 0 unspecified atom stereocenters. The predicted octanol–water partition coefficient (Wildman–Crippen LogP) is 4.28. The summed E-state index contributed by atoms with van der Waals surface area (Å²) in [5.41, 5.74) is 1.46. The Kier molecular flexibility index (Phi) is 8.11. The molecular formula is C24H25N5O3S. The fourth-order valence-electron chi connectivity index (χ4n) is 3.10. The Balaban J connectivity index is 1.74. The average molecular weight is 464 g/mol. The van der Waals surface area contributed by atoms with Gasteiger partial charge in [0, 0.05) is 18.2 Å². The molecule has 33 heavy (non-hydrogen) atoms. The number of amides is 1. The van der Waals surface area contributed by atoms with Crippen molar-refractivity contribution < 1.29 is 14.6 Å². The van der Waals surface area contributed by atoms with Crippen LogP contribution in [0.5, 0.6) is 5.75 Å². The van der Waals surface area contributed by atoms with Gasteiger partial charge in [0.1, 0.15) is 17.6 Å². The van der Waals surface area contributed by atoms with Crippen LogP contribution in [0.3, 0.4) is 0 Å². The molecular weight excluding hydrogens is 438 g/mol. The van der Waals surface area contributed by atoms with Crippen LogP contribution in [0, 0.1) is 11.3 Å². The van der Waals surface area contributed by atoms with Gasteiger partial charge >= 0.3 is 0 Å². The highest BCUT2D eigenvalue weighted by Crippen LogP contribution is 2.29. The van der Waals surface area contributed by atoms with Crippen LogP contribution in [-0.4, -0.2) is 38.6 Å². The smallest absolute Gasteiger partial charge is 0.265 e. The first-order valence-corrected chi connectivity index (χ1v) is 11.3. The molecule has 0 atom stereocenters. The van der Waals surface area contributed by atoms with Crippen molar-refractivity contribution in [1.29, 1.82) is 5.26 Å². The average Bonchev–Trinajstić information content (AvgIpc) is 3.27. The molecule has 0 aliphatic heterocycles. The molecule has 0 saturated carbocycles. The lowest BCUT2D eigenvalue weighted by Crippen LogP contribution is -2.25. The summed E-state index contributed by atoms with van der Waals surface area (Å²) in [4.78, 5) is 12.4. The van der Waals surface area contributed by atoms with Gasteiger partial charge in [0.05, 0.1) is 12.9 Å². The normalized spacial score (nSPS) is 11.6. The third-order valence-electron chi connectivity index (χ3n) is 4.79. The van der Waals surface area contributed by atoms with Gasteiger partial charge in [0.15, 0.2) is 16.6 Å². The van der Waals surface area contributed by atoms with Crippen molar-refractivity contribution in [2.75, 3.05) is 12.9 Å². The molecule has 8 nitrogen and oxygen atoms in total. The molecule has 3 aromatic rings. The molecule has 2 aromatic carbocycles. The summed E-state index contributed by atoms with van der Waals surface area (Å²) < 4.78 is 7.15. The van der Waals surface area contributed by atoms with E-state index in [4.69, 9.17) is 4.74 Å². The van der Waals surface area contributed by atoms with E-state index in [2.05, 4.69) is 15.5 Å². The van der Waals surface area contributed by atoms with E-state index < -0.39 is 5.91 Å². The number of carbonyl (C=O) groups excluding carboxylic acids is 1. The Morgan fingerprint density at radius 3 is 2.48 bits per heavy atom. The fraction of sp³-hybridized carbons (Fsp3) is 0.250. The number of aromatic nitrogens is 3. The van der Waals surface area contributed by atoms with Crippen molar-refractivity contribution in [2.24, 2.45) is 0 Å². The topological polar surface area (TPSA) is 113 Å². The minimum atomic E-state index is -0.622. The number of nitrogens with zero attached hydrogens (tertiary/aromatic N) is 4. The fourth-order valence-corrected chi connectivity index (χ4v) is 4.04. The van der Waals surface area contributed by atoms with Crippen molar-refractivity contribution in [3.05, 3.63) is 71.5 Å². The highest BCUT2D eigenvalue weighted by atomic mass is 32.2. The van der Waals surface area contributed by atoms with E-state index in [-0.39, 0.29) is 29.7 Å². The van der Waals surface area contributed by atoms with Gasteiger partial charge < -0.3 is 15.2 Å². The summed E-state index contributed by atoms with van der Waals surface area (Å²) in [6.45, 7) is 4.28. The summed E-state index contributed by atoms with van der Waals surface area (Å²) in [5.74, 6) is 0.504. The zero-order chi connectivity index (χ0) is 23.8. The second-order valence-electron chi connectivity index (χ2n) is 7.39. The molecule has 0 aliphatic rings. The lowest BCUT2D eigenvalue weighted by atomic mass is 10.2. The largest absolute Gasteiger partial charge is 0.510 e. The van der Waals surface area contributed by atoms with Crippen molar-refractivity contribution in [3.63, 3.8) is 0 Å². The summed E-state index contributed by atoms with van der Waals surface area (Å²) in [5, 5.41) is 31.7. The third-order valence-corrected chi connectivity index (χ3v) is 5.74. The maximum atomic E-state index is 12.4. The number of hydrogen-bond acceptors (Lipinski definition) is 7. The molecule has 0 spiro atoms. The number of methoxy groups -OCH3 is 1. The van der Waals surface area contributed by atoms with Gasteiger partial charge in [-0.05, 0) is 43.7 Å². The Hall–Kier alpha value is -3.77. The monoisotopic (exact) mass is 463 g/mol. The zero-order valence-electron chi connectivity index (χ0n) is 18.6. The number of nitrogens with one attached hydrogen (secondary N) is 1. The Bertz CT molecular complexity index is 1170. The molecule has 2 N–H and O–H groups in total. The van der Waals surface area contributed by atoms with Crippen LogP contribution >= 0.6 is 11.8 Å². The Morgan fingerprint density at radius 2 is 1.88 bits per heavy atom. The summed E-state index contributed by atoms with van der Waals surface area (Å²) in [7, 11) is 1.61. The first-order valence-electron chi connectivity index (χ1n) is 10.3. The van der Waals surface area contributed by atoms with Crippen molar-refractivity contribution >= 4 is 17.7 Å². The molecule has 1 heterocycles. The lowest BCUT2D eigenvalue weighted by molar-refractivity contribution is -0.117. The van der Waals surface area contributed by atoms with Gasteiger partial charge in [-0.1, -0.05) is 42.1 Å². The van der Waals surface area contributed by atoms with Gasteiger partial charge in [-0.15, -0.1) is 10.2 Å². The van der Waals surface area contributed by atoms with Crippen molar-refractivity contribution in [3.8, 4) is 23.2 Å². The van der Waals surface area contributed by atoms with E-state index in [0.717, 1.165) is 16.9 Å².